The van der Waals surface area contributed by atoms with E-state index in [1.165, 1.54) is 83.5 Å². The summed E-state index contributed by atoms with van der Waals surface area (Å²) >= 11 is -4.31. The van der Waals surface area contributed by atoms with Crippen molar-refractivity contribution >= 4 is 31.7 Å². The molecule has 0 bridgehead atoms. The number of hydrogen-bond acceptors (Lipinski definition) is 5. The maximum atomic E-state index is 11.5. The summed E-state index contributed by atoms with van der Waals surface area (Å²) in [6.45, 7) is 2.58. The van der Waals surface area contributed by atoms with Crippen LogP contribution in [-0.2, 0) is 6.14 Å². The van der Waals surface area contributed by atoms with E-state index in [1.54, 1.807) is 0 Å². The summed E-state index contributed by atoms with van der Waals surface area (Å²) in [7, 11) is 0. The fourth-order valence-corrected chi connectivity index (χ4v) is 5.72. The van der Waals surface area contributed by atoms with Crippen molar-refractivity contribution in [3.05, 3.63) is 26.8 Å². The first-order valence-electron chi connectivity index (χ1n) is 12.7. The minimum absolute atomic E-state index is 0.0669. The van der Waals surface area contributed by atoms with E-state index in [-0.39, 0.29) is 5.75 Å². The van der Waals surface area contributed by atoms with Gasteiger partial charge in [-0.2, -0.15) is 0 Å². The number of aromatic carboxylic acids is 2. The largest absolute Gasteiger partial charge is 0.494 e. The van der Waals surface area contributed by atoms with Gasteiger partial charge in [0.15, 0.2) is 0 Å². The van der Waals surface area contributed by atoms with Crippen molar-refractivity contribution in [3.63, 3.8) is 0 Å². The lowest BCUT2D eigenvalue weighted by molar-refractivity contribution is 0.0694. The Bertz CT molecular complexity index is 774. The number of unbranched alkanes of at least 4 members (excludes halogenated alkanes) is 15. The third-order valence-electron chi connectivity index (χ3n) is 5.93. The third-order valence-corrected chi connectivity index (χ3v) is 7.97. The molecule has 2 N–H and O–H groups in total. The smallest absolute Gasteiger partial charge is 0.342 e. The Hall–Kier alpha value is -1.71. The molecule has 0 aliphatic rings. The molecule has 0 amide bonds. The fraction of sp³-hybridized carbons (Fsp3) is 0.692. The first kappa shape index (κ1) is 30.3. The minimum Gasteiger partial charge on any atom is -0.494 e. The van der Waals surface area contributed by atoms with Gasteiger partial charge in [0.25, 0.3) is 0 Å². The second kappa shape index (κ2) is 18.6. The van der Waals surface area contributed by atoms with E-state index in [4.69, 9.17) is 4.74 Å². The molecule has 0 unspecified atom stereocenters. The third kappa shape index (κ3) is 12.7. The maximum Gasteiger partial charge on any atom is 0.342 e. The molecule has 0 aliphatic carbocycles. The molecule has 0 fully saturated rings. The first-order valence-corrected chi connectivity index (χ1v) is 15.5. The van der Waals surface area contributed by atoms with Crippen LogP contribution >= 0.6 is 19.8 Å². The Balaban J connectivity index is 2.16. The van der Waals surface area contributed by atoms with Crippen LogP contribution in [0.4, 0.5) is 0 Å². The lowest BCUT2D eigenvalue weighted by Crippen LogP contribution is -2.10. The molecule has 1 aromatic rings. The molecule has 8 heteroatoms. The Labute approximate surface area is 210 Å². The summed E-state index contributed by atoms with van der Waals surface area (Å²) in [5, 5.41) is 18.5. The molecule has 194 valence electrons. The van der Waals surface area contributed by atoms with Gasteiger partial charge in [-0.3, -0.25) is 0 Å². The van der Waals surface area contributed by atoms with Crippen molar-refractivity contribution in [1.29, 1.82) is 0 Å². The van der Waals surface area contributed by atoms with Crippen LogP contribution in [-0.4, -0.2) is 28.8 Å². The van der Waals surface area contributed by atoms with E-state index >= 15 is 0 Å². The zero-order chi connectivity index (χ0) is 25.2. The molecular weight excluding hydrogens is 551 g/mol. The van der Waals surface area contributed by atoms with Crippen LogP contribution in [0.3, 0.4) is 0 Å². The highest BCUT2D eigenvalue weighted by molar-refractivity contribution is 14.2. The first-order chi connectivity index (χ1) is 16.4. The van der Waals surface area contributed by atoms with E-state index in [0.29, 0.717) is 6.61 Å². The second-order valence-corrected chi connectivity index (χ2v) is 11.1. The van der Waals surface area contributed by atoms with Gasteiger partial charge in [0, 0.05) is 0 Å². The van der Waals surface area contributed by atoms with Crippen LogP contribution in [0.1, 0.15) is 130 Å². The van der Waals surface area contributed by atoms with Crippen molar-refractivity contribution in [2.24, 2.45) is 0 Å². The van der Waals surface area contributed by atoms with E-state index in [0.717, 1.165) is 31.4 Å². The van der Waals surface area contributed by atoms with Crippen LogP contribution in [0.25, 0.3) is 0 Å². The van der Waals surface area contributed by atoms with Gasteiger partial charge in [-0.15, -0.1) is 0 Å². The molecule has 0 radical (unpaired) electrons. The maximum absolute atomic E-state index is 11.5. The average Bonchev–Trinajstić information content (AvgIpc) is 2.80. The molecule has 0 spiro atoms. The molecule has 0 aliphatic heterocycles. The monoisotopic (exact) mass is 592 g/mol. The van der Waals surface area contributed by atoms with E-state index in [2.05, 4.69) is 6.92 Å². The zero-order valence-electron chi connectivity index (χ0n) is 20.5. The predicted octanol–water partition coefficient (Wildman–Crippen LogP) is 8.09. The van der Waals surface area contributed by atoms with Crippen LogP contribution in [0.2, 0.25) is 0 Å². The number of carboxylic acid groups (broad SMARTS) is 2. The van der Waals surface area contributed by atoms with Gasteiger partial charge in [-0.25, -0.2) is 15.7 Å². The van der Waals surface area contributed by atoms with E-state index in [9.17, 15) is 25.9 Å². The zero-order valence-corrected chi connectivity index (χ0v) is 22.6. The van der Waals surface area contributed by atoms with Gasteiger partial charge in [0.2, 0.25) is 0 Å². The highest BCUT2D eigenvalue weighted by Gasteiger charge is 2.24. The topological polar surface area (TPSA) is 118 Å². The number of benzene rings is 1. The molecule has 0 saturated carbocycles. The lowest BCUT2D eigenvalue weighted by Gasteiger charge is -2.10. The van der Waals surface area contributed by atoms with Gasteiger partial charge in [-0.05, 0) is 18.6 Å². The number of halogens is 1. The molecule has 1 rings (SSSR count). The van der Waals surface area contributed by atoms with Gasteiger partial charge >= 0.3 is 31.7 Å². The standard InChI is InChI=1S/C26H41IO7/c1-2-3-4-5-6-7-8-9-10-11-12-13-14-15-16-17-18-34-21-19-22(25(28)29)24(27(32)33)23(20-21)26(30)31/h19-20H,2-18H2,1H3,(H,28,29)(H,30,31). The molecule has 0 saturated heterocycles. The quantitative estimate of drug-likeness (QED) is 0.109. The summed E-state index contributed by atoms with van der Waals surface area (Å²) in [5.41, 5.74) is -1.09. The summed E-state index contributed by atoms with van der Waals surface area (Å²) in [6, 6.07) is 2.19. The summed E-state index contributed by atoms with van der Waals surface area (Å²) in [5.74, 6) is -2.91. The molecule has 0 heterocycles. The summed E-state index contributed by atoms with van der Waals surface area (Å²) in [4.78, 5) is 22.8. The van der Waals surface area contributed by atoms with Crippen LogP contribution in [0, 0.1) is 3.57 Å². The van der Waals surface area contributed by atoms with Gasteiger partial charge in [0.1, 0.15) is 9.32 Å². The number of rotatable bonds is 21. The molecule has 1 aromatic carbocycles. The fourth-order valence-electron chi connectivity index (χ4n) is 4.00. The van der Waals surface area contributed by atoms with Crippen molar-refractivity contribution in [2.45, 2.75) is 110 Å². The normalized spacial score (nSPS) is 11.1. The number of carboxylic acids is 2. The Morgan fingerprint density at radius 3 is 1.35 bits per heavy atom. The molecular formula is C26H41IO7. The Morgan fingerprint density at radius 1 is 0.676 bits per heavy atom. The number of hydrogen-bond donors (Lipinski definition) is 2. The van der Waals surface area contributed by atoms with Crippen LogP contribution in [0.15, 0.2) is 12.1 Å². The van der Waals surface area contributed by atoms with Crippen molar-refractivity contribution in [3.8, 4) is 5.75 Å². The highest BCUT2D eigenvalue weighted by Crippen LogP contribution is 2.30. The highest BCUT2D eigenvalue weighted by atomic mass is 127. The van der Waals surface area contributed by atoms with Gasteiger partial charge in [-0.1, -0.05) is 103 Å². The van der Waals surface area contributed by atoms with Crippen LogP contribution < -0.4 is 4.74 Å². The number of ether oxygens (including phenoxy) is 1. The SMILES string of the molecule is CCCCCCCCCCCCCCCCCCOc1cc(C(=O)O)c(I(=O)=O)c(C(=O)O)c1. The summed E-state index contributed by atoms with van der Waals surface area (Å²) < 4.78 is 27.8. The van der Waals surface area contributed by atoms with Crippen LogP contribution in [0.5, 0.6) is 5.75 Å². The van der Waals surface area contributed by atoms with Crippen molar-refractivity contribution < 1.29 is 30.7 Å². The molecule has 0 atom stereocenters. The van der Waals surface area contributed by atoms with Gasteiger partial charge < -0.3 is 14.9 Å². The van der Waals surface area contributed by atoms with E-state index in [1.807, 2.05) is 0 Å². The van der Waals surface area contributed by atoms with Crippen molar-refractivity contribution in [1.82, 2.24) is 0 Å². The molecule has 7 nitrogen and oxygen atoms in total. The van der Waals surface area contributed by atoms with E-state index < -0.39 is 46.4 Å². The minimum atomic E-state index is -4.31. The average molecular weight is 593 g/mol. The lowest BCUT2D eigenvalue weighted by atomic mass is 10.0. The summed E-state index contributed by atoms with van der Waals surface area (Å²) in [6.07, 6.45) is 20.1. The molecule has 0 aromatic heterocycles. The Kier molecular flexibility index (Phi) is 16.6. The second-order valence-electron chi connectivity index (χ2n) is 8.81. The van der Waals surface area contributed by atoms with Gasteiger partial charge in [0.05, 0.1) is 17.7 Å². The molecule has 34 heavy (non-hydrogen) atoms. The van der Waals surface area contributed by atoms with Crippen molar-refractivity contribution in [2.75, 3.05) is 6.61 Å². The Morgan fingerprint density at radius 2 is 1.03 bits per heavy atom. The number of carbonyl (C=O) groups is 2. The predicted molar refractivity (Wildman–Crippen MR) is 139 cm³/mol.